The lowest BCUT2D eigenvalue weighted by Gasteiger charge is -2.30. The van der Waals surface area contributed by atoms with Crippen molar-refractivity contribution in [1.82, 2.24) is 24.9 Å². The average Bonchev–Trinajstić information content (AvgIpc) is 2.86. The quantitative estimate of drug-likeness (QED) is 0.751. The van der Waals surface area contributed by atoms with Gasteiger partial charge in [-0.15, -0.1) is 5.10 Å². The van der Waals surface area contributed by atoms with Crippen LogP contribution in [0.2, 0.25) is 0 Å². The van der Waals surface area contributed by atoms with Crippen LogP contribution in [0, 0.1) is 5.92 Å². The van der Waals surface area contributed by atoms with Gasteiger partial charge in [0.1, 0.15) is 0 Å². The lowest BCUT2D eigenvalue weighted by molar-refractivity contribution is 0.0696. The molecule has 1 amide bonds. The van der Waals surface area contributed by atoms with Crippen LogP contribution >= 0.6 is 0 Å². The highest BCUT2D eigenvalue weighted by atomic mass is 16.2. The summed E-state index contributed by atoms with van der Waals surface area (Å²) < 4.78 is 1.53. The molecule has 6 nitrogen and oxygen atoms in total. The molecule has 0 aliphatic carbocycles. The fourth-order valence-electron chi connectivity index (χ4n) is 2.26. The minimum absolute atomic E-state index is 0.0688. The maximum Gasteiger partial charge on any atom is 0.255 e. The predicted molar refractivity (Wildman–Crippen MR) is 65.1 cm³/mol. The number of fused-ring (bicyclic) bond motifs is 1. The molecule has 1 saturated heterocycles. The molecular formula is C12H15N5O. The third kappa shape index (κ3) is 1.94. The summed E-state index contributed by atoms with van der Waals surface area (Å²) in [6.45, 7) is 3.91. The molecule has 3 rings (SSSR count). The van der Waals surface area contributed by atoms with E-state index >= 15 is 0 Å². The Kier molecular flexibility index (Phi) is 2.70. The first kappa shape index (κ1) is 11.1. The van der Waals surface area contributed by atoms with E-state index in [0.29, 0.717) is 11.2 Å². The second-order valence-corrected chi connectivity index (χ2v) is 4.87. The number of carbonyl (C=O) groups is 1. The van der Waals surface area contributed by atoms with Gasteiger partial charge in [-0.05, 0) is 41.3 Å². The number of rotatable bonds is 1. The second kappa shape index (κ2) is 4.36. The van der Waals surface area contributed by atoms with Crippen LogP contribution in [-0.2, 0) is 0 Å². The molecule has 0 spiro atoms. The topological polar surface area (TPSA) is 63.4 Å². The van der Waals surface area contributed by atoms with Crippen LogP contribution in [0.15, 0.2) is 18.3 Å². The standard InChI is InChI=1S/C12H15N5O/c1-9-4-6-16(7-5-9)12(18)10-2-3-11-13-14-15-17(11)8-10/h2-3,8-9H,4-7H2,1H3. The summed E-state index contributed by atoms with van der Waals surface area (Å²) in [4.78, 5) is 14.2. The van der Waals surface area contributed by atoms with Crippen LogP contribution in [0.3, 0.4) is 0 Å². The molecule has 1 fully saturated rings. The Balaban J connectivity index is 1.82. The first-order valence-corrected chi connectivity index (χ1v) is 6.21. The van der Waals surface area contributed by atoms with E-state index < -0.39 is 0 Å². The number of hydrogen-bond donors (Lipinski definition) is 0. The summed E-state index contributed by atoms with van der Waals surface area (Å²) >= 11 is 0. The average molecular weight is 245 g/mol. The van der Waals surface area contributed by atoms with Crippen molar-refractivity contribution in [1.29, 1.82) is 0 Å². The Labute approximate surface area is 105 Å². The van der Waals surface area contributed by atoms with Crippen LogP contribution in [-0.4, -0.2) is 43.9 Å². The zero-order valence-corrected chi connectivity index (χ0v) is 10.3. The highest BCUT2D eigenvalue weighted by molar-refractivity contribution is 5.94. The number of tetrazole rings is 1. The Morgan fingerprint density at radius 3 is 2.89 bits per heavy atom. The smallest absolute Gasteiger partial charge is 0.255 e. The molecule has 0 N–H and O–H groups in total. The second-order valence-electron chi connectivity index (χ2n) is 4.87. The summed E-state index contributed by atoms with van der Waals surface area (Å²) in [6.07, 6.45) is 3.85. The van der Waals surface area contributed by atoms with Gasteiger partial charge in [0.15, 0.2) is 5.65 Å². The van der Waals surface area contributed by atoms with Gasteiger partial charge in [0.25, 0.3) is 5.91 Å². The Morgan fingerprint density at radius 1 is 1.33 bits per heavy atom. The van der Waals surface area contributed by atoms with Gasteiger partial charge >= 0.3 is 0 Å². The van der Waals surface area contributed by atoms with Crippen LogP contribution in [0.25, 0.3) is 5.65 Å². The molecule has 1 aliphatic rings. The van der Waals surface area contributed by atoms with Crippen molar-refractivity contribution in [2.24, 2.45) is 5.92 Å². The zero-order chi connectivity index (χ0) is 12.5. The first-order valence-electron chi connectivity index (χ1n) is 6.21. The maximum absolute atomic E-state index is 12.3. The summed E-state index contributed by atoms with van der Waals surface area (Å²) in [5.74, 6) is 0.787. The molecule has 0 radical (unpaired) electrons. The molecule has 2 aromatic heterocycles. The van der Waals surface area contributed by atoms with Gasteiger partial charge in [0.2, 0.25) is 0 Å². The Hall–Kier alpha value is -1.98. The molecule has 2 aromatic rings. The van der Waals surface area contributed by atoms with Gasteiger partial charge in [0, 0.05) is 19.3 Å². The summed E-state index contributed by atoms with van der Waals surface area (Å²) in [7, 11) is 0. The predicted octanol–water partition coefficient (Wildman–Crippen LogP) is 0.996. The van der Waals surface area contributed by atoms with Gasteiger partial charge in [-0.25, -0.2) is 0 Å². The van der Waals surface area contributed by atoms with Crippen molar-refractivity contribution in [3.8, 4) is 0 Å². The van der Waals surface area contributed by atoms with E-state index in [-0.39, 0.29) is 5.91 Å². The number of piperidine rings is 1. The number of pyridine rings is 1. The molecule has 94 valence electrons. The molecule has 6 heteroatoms. The Bertz CT molecular complexity index is 571. The van der Waals surface area contributed by atoms with Crippen molar-refractivity contribution in [3.63, 3.8) is 0 Å². The van der Waals surface area contributed by atoms with Crippen molar-refractivity contribution in [2.75, 3.05) is 13.1 Å². The lowest BCUT2D eigenvalue weighted by Crippen LogP contribution is -2.38. The molecule has 3 heterocycles. The normalized spacial score (nSPS) is 17.3. The molecular weight excluding hydrogens is 230 g/mol. The number of carbonyl (C=O) groups excluding carboxylic acids is 1. The van der Waals surface area contributed by atoms with E-state index in [4.69, 9.17) is 0 Å². The molecule has 0 atom stereocenters. The fourth-order valence-corrected chi connectivity index (χ4v) is 2.26. The van der Waals surface area contributed by atoms with Gasteiger partial charge in [-0.1, -0.05) is 6.92 Å². The SMILES string of the molecule is CC1CCN(C(=O)c2ccc3nnnn3c2)CC1. The zero-order valence-electron chi connectivity index (χ0n) is 10.3. The number of hydrogen-bond acceptors (Lipinski definition) is 4. The minimum atomic E-state index is 0.0688. The number of likely N-dealkylation sites (tertiary alicyclic amines) is 1. The van der Waals surface area contributed by atoms with Gasteiger partial charge in [-0.2, -0.15) is 4.52 Å². The molecule has 18 heavy (non-hydrogen) atoms. The molecule has 0 bridgehead atoms. The number of aromatic nitrogens is 4. The molecule has 0 saturated carbocycles. The van der Waals surface area contributed by atoms with Gasteiger partial charge < -0.3 is 4.90 Å². The number of amides is 1. The van der Waals surface area contributed by atoms with Crippen molar-refractivity contribution in [2.45, 2.75) is 19.8 Å². The van der Waals surface area contributed by atoms with Gasteiger partial charge in [-0.3, -0.25) is 4.79 Å². The fraction of sp³-hybridized carbons (Fsp3) is 0.500. The Morgan fingerprint density at radius 2 is 2.11 bits per heavy atom. The lowest BCUT2D eigenvalue weighted by atomic mass is 9.99. The van der Waals surface area contributed by atoms with E-state index in [2.05, 4.69) is 22.4 Å². The largest absolute Gasteiger partial charge is 0.339 e. The van der Waals surface area contributed by atoms with Crippen molar-refractivity contribution < 1.29 is 4.79 Å². The van der Waals surface area contributed by atoms with Gasteiger partial charge in [0.05, 0.1) is 5.56 Å². The van der Waals surface area contributed by atoms with Crippen LogP contribution in [0.4, 0.5) is 0 Å². The van der Waals surface area contributed by atoms with Crippen LogP contribution in [0.1, 0.15) is 30.1 Å². The van der Waals surface area contributed by atoms with E-state index in [1.54, 1.807) is 18.3 Å². The van der Waals surface area contributed by atoms with Crippen LogP contribution in [0.5, 0.6) is 0 Å². The summed E-state index contributed by atoms with van der Waals surface area (Å²) in [6, 6.07) is 3.55. The minimum Gasteiger partial charge on any atom is -0.339 e. The number of nitrogens with zero attached hydrogens (tertiary/aromatic N) is 5. The molecule has 0 unspecified atom stereocenters. The highest BCUT2D eigenvalue weighted by Gasteiger charge is 2.21. The maximum atomic E-state index is 12.3. The summed E-state index contributed by atoms with van der Waals surface area (Å²) in [5.41, 5.74) is 1.29. The van der Waals surface area contributed by atoms with E-state index in [1.165, 1.54) is 4.52 Å². The van der Waals surface area contributed by atoms with E-state index in [9.17, 15) is 4.79 Å². The first-order chi connectivity index (χ1) is 8.74. The van der Waals surface area contributed by atoms with Crippen molar-refractivity contribution in [3.05, 3.63) is 23.9 Å². The summed E-state index contributed by atoms with van der Waals surface area (Å²) in [5, 5.41) is 11.2. The van der Waals surface area contributed by atoms with E-state index in [0.717, 1.165) is 31.8 Å². The third-order valence-corrected chi connectivity index (χ3v) is 3.51. The molecule has 1 aliphatic heterocycles. The monoisotopic (exact) mass is 245 g/mol. The van der Waals surface area contributed by atoms with Crippen molar-refractivity contribution >= 4 is 11.6 Å². The molecule has 0 aromatic carbocycles. The van der Waals surface area contributed by atoms with Crippen LogP contribution < -0.4 is 0 Å². The van der Waals surface area contributed by atoms with E-state index in [1.807, 2.05) is 4.90 Å². The highest BCUT2D eigenvalue weighted by Crippen LogP contribution is 2.18. The third-order valence-electron chi connectivity index (χ3n) is 3.51.